The van der Waals surface area contributed by atoms with Crippen molar-refractivity contribution >= 4 is 75.9 Å². The maximum absolute atomic E-state index is 6.61. The first-order valence-corrected chi connectivity index (χ1v) is 20.6. The van der Waals surface area contributed by atoms with Gasteiger partial charge in [-0.2, -0.15) is 0 Å². The average Bonchev–Trinajstić information content (AvgIpc) is 3.99. The molecule has 280 valence electrons. The molecule has 0 spiro atoms. The smallest absolute Gasteiger partial charge is 0.157 e. The Morgan fingerprint density at radius 2 is 1.20 bits per heavy atom. The molecule has 11 rings (SSSR count). The fourth-order valence-corrected chi connectivity index (χ4v) is 9.65. The maximum atomic E-state index is 6.61. The molecule has 0 bridgehead atoms. The number of amidine groups is 2. The van der Waals surface area contributed by atoms with E-state index in [0.717, 1.165) is 44.7 Å². The van der Waals surface area contributed by atoms with Crippen LogP contribution in [-0.2, 0) is 6.54 Å². The molecule has 0 aliphatic rings. The highest BCUT2D eigenvalue weighted by Gasteiger charge is 2.20. The van der Waals surface area contributed by atoms with Crippen LogP contribution in [0.25, 0.3) is 75.4 Å². The van der Waals surface area contributed by atoms with E-state index in [-0.39, 0.29) is 0 Å². The van der Waals surface area contributed by atoms with Crippen molar-refractivity contribution in [1.29, 1.82) is 0 Å². The van der Waals surface area contributed by atoms with E-state index in [4.69, 9.17) is 15.7 Å². The first kappa shape index (κ1) is 34.7. The molecule has 0 radical (unpaired) electrons. The van der Waals surface area contributed by atoms with Gasteiger partial charge >= 0.3 is 0 Å². The van der Waals surface area contributed by atoms with Gasteiger partial charge in [-0.3, -0.25) is 4.99 Å². The lowest BCUT2D eigenvalue weighted by molar-refractivity contribution is 1.05. The van der Waals surface area contributed by atoms with Gasteiger partial charge in [-0.1, -0.05) is 140 Å². The molecule has 0 saturated heterocycles. The van der Waals surface area contributed by atoms with Gasteiger partial charge in [0.05, 0.1) is 27.8 Å². The van der Waals surface area contributed by atoms with E-state index >= 15 is 0 Å². The Kier molecular flexibility index (Phi) is 8.49. The third kappa shape index (κ3) is 6.18. The molecule has 0 unspecified atom stereocenters. The van der Waals surface area contributed by atoms with Crippen molar-refractivity contribution < 1.29 is 0 Å². The number of nitrogens with zero attached hydrogens (tertiary/aromatic N) is 4. The molecule has 0 aliphatic heterocycles. The van der Waals surface area contributed by atoms with Gasteiger partial charge in [0.15, 0.2) is 5.84 Å². The summed E-state index contributed by atoms with van der Waals surface area (Å²) in [5.41, 5.74) is 17.5. The number of aromatic nitrogens is 2. The number of aliphatic imine (C=N–C) groups is 2. The maximum Gasteiger partial charge on any atom is 0.157 e. The monoisotopic (exact) mass is 775 g/mol. The summed E-state index contributed by atoms with van der Waals surface area (Å²) in [6.45, 7) is 0.406. The normalized spacial score (nSPS) is 12.4. The van der Waals surface area contributed by atoms with Crippen LogP contribution in [0.2, 0.25) is 0 Å². The molecule has 5 nitrogen and oxygen atoms in total. The Bertz CT molecular complexity index is 3390. The predicted molar refractivity (Wildman–Crippen MR) is 250 cm³/mol. The molecule has 3 heterocycles. The highest BCUT2D eigenvalue weighted by atomic mass is 32.1. The molecule has 0 aliphatic carbocycles. The van der Waals surface area contributed by atoms with E-state index in [9.17, 15) is 0 Å². The van der Waals surface area contributed by atoms with Gasteiger partial charge in [0, 0.05) is 60.3 Å². The van der Waals surface area contributed by atoms with Crippen LogP contribution in [0.3, 0.4) is 0 Å². The van der Waals surface area contributed by atoms with Gasteiger partial charge in [-0.15, -0.1) is 11.3 Å². The number of hydrogen-bond donors (Lipinski definition) is 1. The zero-order valence-corrected chi connectivity index (χ0v) is 32.9. The second-order valence-electron chi connectivity index (χ2n) is 14.8. The minimum atomic E-state index is 0.406. The zero-order valence-electron chi connectivity index (χ0n) is 32.0. The summed E-state index contributed by atoms with van der Waals surface area (Å²) in [6, 6.07) is 68.4. The molecular weight excluding hydrogens is 739 g/mol. The van der Waals surface area contributed by atoms with Crippen LogP contribution in [-0.4, -0.2) is 20.8 Å². The van der Waals surface area contributed by atoms with Crippen molar-refractivity contribution in [2.24, 2.45) is 15.7 Å². The Hall–Kier alpha value is -7.54. The van der Waals surface area contributed by atoms with E-state index in [0.29, 0.717) is 18.2 Å². The third-order valence-corrected chi connectivity index (χ3v) is 12.4. The average molecular weight is 776 g/mol. The molecule has 6 heteroatoms. The van der Waals surface area contributed by atoms with Crippen LogP contribution in [0.1, 0.15) is 16.7 Å². The SMILES string of the molecule is NC(=NC(=NCc1cc(-c2ccccc2)cc(-n2c3cc4ccn(-c5ccccc5)c4cc3c3ccc4c5ccccc5sc4c32)c1)c1ccccc1)c1ccccc1. The number of rotatable bonds is 7. The number of para-hydroxylation sites is 1. The molecule has 8 aromatic carbocycles. The highest BCUT2D eigenvalue weighted by Crippen LogP contribution is 2.44. The van der Waals surface area contributed by atoms with Gasteiger partial charge in [0.2, 0.25) is 0 Å². The molecule has 0 fully saturated rings. The standard InChI is InChI=1S/C53H37N5S/c54-52(37-17-7-2-8-18-37)56-53(38-19-9-3-10-20-38)55-34-35-29-40(36-15-5-1-6-16-36)31-42(30-35)58-48-32-39-27-28-57(41-21-11-4-12-22-41)47(39)33-46(48)44-25-26-45-43-23-13-14-24-49(43)59-51(45)50(44)58/h1-33H,34H2,(H2,54,55,56). The van der Waals surface area contributed by atoms with Crippen molar-refractivity contribution in [1.82, 2.24) is 9.13 Å². The molecule has 59 heavy (non-hydrogen) atoms. The lowest BCUT2D eigenvalue weighted by Gasteiger charge is -2.14. The summed E-state index contributed by atoms with van der Waals surface area (Å²) < 4.78 is 7.34. The molecule has 0 amide bonds. The van der Waals surface area contributed by atoms with Gasteiger partial charge < -0.3 is 14.9 Å². The Labute approximate surface area is 345 Å². The van der Waals surface area contributed by atoms with E-state index in [2.05, 4.69) is 149 Å². The number of thiophene rings is 1. The number of hydrogen-bond acceptors (Lipinski definition) is 2. The van der Waals surface area contributed by atoms with Crippen molar-refractivity contribution in [3.63, 3.8) is 0 Å². The van der Waals surface area contributed by atoms with E-state index < -0.39 is 0 Å². The summed E-state index contributed by atoms with van der Waals surface area (Å²) in [4.78, 5) is 10.1. The first-order chi connectivity index (χ1) is 29.2. The van der Waals surface area contributed by atoms with Crippen molar-refractivity contribution in [2.75, 3.05) is 0 Å². The van der Waals surface area contributed by atoms with Gasteiger partial charge in [-0.05, 0) is 71.3 Å². The Balaban J connectivity index is 1.16. The highest BCUT2D eigenvalue weighted by molar-refractivity contribution is 7.26. The van der Waals surface area contributed by atoms with Gasteiger partial charge in [-0.25, -0.2) is 4.99 Å². The number of fused-ring (bicyclic) bond motifs is 8. The van der Waals surface area contributed by atoms with Gasteiger partial charge in [0.25, 0.3) is 0 Å². The second-order valence-corrected chi connectivity index (χ2v) is 15.9. The van der Waals surface area contributed by atoms with Crippen molar-refractivity contribution in [2.45, 2.75) is 6.54 Å². The molecule has 0 saturated carbocycles. The third-order valence-electron chi connectivity index (χ3n) is 11.2. The predicted octanol–water partition coefficient (Wildman–Crippen LogP) is 13.1. The molecule has 0 atom stereocenters. The van der Waals surface area contributed by atoms with E-state index in [1.165, 1.54) is 47.4 Å². The molecule has 11 aromatic rings. The fourth-order valence-electron chi connectivity index (χ4n) is 8.41. The summed E-state index contributed by atoms with van der Waals surface area (Å²) in [5.74, 6) is 1.02. The summed E-state index contributed by atoms with van der Waals surface area (Å²) >= 11 is 1.87. The summed E-state index contributed by atoms with van der Waals surface area (Å²) in [6.07, 6.45) is 2.18. The molecule has 3 aromatic heterocycles. The second kappa shape index (κ2) is 14.4. The number of benzene rings is 8. The minimum Gasteiger partial charge on any atom is -0.383 e. The quantitative estimate of drug-likeness (QED) is 0.127. The minimum absolute atomic E-state index is 0.406. The summed E-state index contributed by atoms with van der Waals surface area (Å²) in [7, 11) is 0. The Morgan fingerprint density at radius 1 is 0.525 bits per heavy atom. The number of nitrogens with two attached hydrogens (primary N) is 1. The van der Waals surface area contributed by atoms with E-state index in [1.54, 1.807) is 0 Å². The van der Waals surface area contributed by atoms with Crippen LogP contribution >= 0.6 is 11.3 Å². The van der Waals surface area contributed by atoms with Crippen molar-refractivity contribution in [3.8, 4) is 22.5 Å². The van der Waals surface area contributed by atoms with Crippen LogP contribution < -0.4 is 5.73 Å². The van der Waals surface area contributed by atoms with Crippen LogP contribution in [0.5, 0.6) is 0 Å². The van der Waals surface area contributed by atoms with Crippen LogP contribution in [0.15, 0.2) is 210 Å². The van der Waals surface area contributed by atoms with Crippen LogP contribution in [0.4, 0.5) is 0 Å². The topological polar surface area (TPSA) is 60.6 Å². The Morgan fingerprint density at radius 3 is 1.98 bits per heavy atom. The summed E-state index contributed by atoms with van der Waals surface area (Å²) in [5, 5.41) is 6.17. The molecule has 2 N–H and O–H groups in total. The van der Waals surface area contributed by atoms with Crippen molar-refractivity contribution in [3.05, 3.63) is 217 Å². The van der Waals surface area contributed by atoms with E-state index in [1.807, 2.05) is 72.0 Å². The zero-order chi connectivity index (χ0) is 39.3. The largest absolute Gasteiger partial charge is 0.383 e. The van der Waals surface area contributed by atoms with Crippen LogP contribution in [0, 0.1) is 0 Å². The first-order valence-electron chi connectivity index (χ1n) is 19.8. The molecular formula is C53H37N5S. The fraction of sp³-hybridized carbons (Fsp3) is 0.0189. The lowest BCUT2D eigenvalue weighted by Crippen LogP contribution is -2.16. The lowest BCUT2D eigenvalue weighted by atomic mass is 10.0. The van der Waals surface area contributed by atoms with Gasteiger partial charge in [0.1, 0.15) is 5.84 Å².